The molecule has 0 unspecified atom stereocenters. The maximum atomic E-state index is 12.0. The highest BCUT2D eigenvalue weighted by Crippen LogP contribution is 2.24. The van der Waals surface area contributed by atoms with Crippen LogP contribution in [0.2, 0.25) is 5.02 Å². The Labute approximate surface area is 105 Å². The molecule has 1 aromatic heterocycles. The first-order valence-electron chi connectivity index (χ1n) is 5.54. The Balaban J connectivity index is 2.54. The zero-order chi connectivity index (χ0) is 12.6. The molecule has 1 heterocycles. The van der Waals surface area contributed by atoms with Crippen molar-refractivity contribution in [1.29, 1.82) is 0 Å². The molecule has 4 heteroatoms. The number of nitrogens with zero attached hydrogens (tertiary/aromatic N) is 1. The summed E-state index contributed by atoms with van der Waals surface area (Å²) in [6.45, 7) is 3.88. The van der Waals surface area contributed by atoms with Crippen molar-refractivity contribution in [2.75, 3.05) is 0 Å². The second-order valence-electron chi connectivity index (χ2n) is 4.44. The van der Waals surface area contributed by atoms with E-state index < -0.39 is 0 Å². The lowest BCUT2D eigenvalue weighted by atomic mass is 10.1. The van der Waals surface area contributed by atoms with E-state index in [2.05, 4.69) is 5.32 Å². The molecule has 0 aliphatic heterocycles. The van der Waals surface area contributed by atoms with E-state index in [0.717, 1.165) is 10.9 Å². The lowest BCUT2D eigenvalue weighted by Crippen LogP contribution is -2.29. The molecule has 2 aromatic rings. The molecule has 0 aliphatic carbocycles. The molecule has 90 valence electrons. The summed E-state index contributed by atoms with van der Waals surface area (Å²) in [5.41, 5.74) is 1.67. The van der Waals surface area contributed by atoms with Crippen LogP contribution in [0.4, 0.5) is 0 Å². The highest BCUT2D eigenvalue weighted by Gasteiger charge is 2.14. The minimum absolute atomic E-state index is 0.0622. The minimum Gasteiger partial charge on any atom is -0.350 e. The first-order chi connectivity index (χ1) is 7.99. The summed E-state index contributed by atoms with van der Waals surface area (Å²) < 4.78 is 1.93. The normalized spacial score (nSPS) is 11.1. The van der Waals surface area contributed by atoms with Crippen LogP contribution in [0.25, 0.3) is 10.9 Å². The number of nitrogens with one attached hydrogen (secondary N) is 1. The van der Waals surface area contributed by atoms with Crippen LogP contribution < -0.4 is 5.32 Å². The Bertz CT molecular complexity index is 572. The molecule has 0 bridgehead atoms. The summed E-state index contributed by atoms with van der Waals surface area (Å²) in [6.07, 6.45) is 1.83. The van der Waals surface area contributed by atoms with Gasteiger partial charge in [0.2, 0.25) is 0 Å². The second-order valence-corrected chi connectivity index (χ2v) is 4.88. The van der Waals surface area contributed by atoms with Gasteiger partial charge in [0.25, 0.3) is 5.91 Å². The van der Waals surface area contributed by atoms with Crippen molar-refractivity contribution in [2.45, 2.75) is 19.9 Å². The van der Waals surface area contributed by atoms with Crippen LogP contribution in [-0.2, 0) is 7.05 Å². The van der Waals surface area contributed by atoms with Crippen molar-refractivity contribution < 1.29 is 4.79 Å². The number of hydrogen-bond donors (Lipinski definition) is 1. The van der Waals surface area contributed by atoms with E-state index in [-0.39, 0.29) is 11.9 Å². The third kappa shape index (κ3) is 2.29. The first kappa shape index (κ1) is 12.0. The van der Waals surface area contributed by atoms with Crippen molar-refractivity contribution in [2.24, 2.45) is 7.05 Å². The fraction of sp³-hybridized carbons (Fsp3) is 0.308. The number of hydrogen-bond acceptors (Lipinski definition) is 1. The Kier molecular flexibility index (Phi) is 3.11. The number of aromatic nitrogens is 1. The SMILES string of the molecule is CC(C)NC(=O)c1cn(C)c2ccc(Cl)cc12. The van der Waals surface area contributed by atoms with Gasteiger partial charge < -0.3 is 9.88 Å². The van der Waals surface area contributed by atoms with Gasteiger partial charge in [-0.15, -0.1) is 0 Å². The van der Waals surface area contributed by atoms with E-state index in [9.17, 15) is 4.79 Å². The molecular weight excluding hydrogens is 236 g/mol. The summed E-state index contributed by atoms with van der Waals surface area (Å²) in [5, 5.41) is 4.42. The number of fused-ring (bicyclic) bond motifs is 1. The molecule has 1 aromatic carbocycles. The Morgan fingerprint density at radius 3 is 2.76 bits per heavy atom. The van der Waals surface area contributed by atoms with E-state index in [4.69, 9.17) is 11.6 Å². The number of halogens is 1. The minimum atomic E-state index is -0.0622. The second kappa shape index (κ2) is 4.41. The third-order valence-corrected chi connectivity index (χ3v) is 2.85. The number of rotatable bonds is 2. The molecule has 17 heavy (non-hydrogen) atoms. The van der Waals surface area contributed by atoms with E-state index in [1.165, 1.54) is 0 Å². The van der Waals surface area contributed by atoms with Crippen LogP contribution in [0.1, 0.15) is 24.2 Å². The van der Waals surface area contributed by atoms with Crippen LogP contribution >= 0.6 is 11.6 Å². The fourth-order valence-electron chi connectivity index (χ4n) is 1.89. The van der Waals surface area contributed by atoms with Crippen LogP contribution in [-0.4, -0.2) is 16.5 Å². The van der Waals surface area contributed by atoms with Gasteiger partial charge in [-0.2, -0.15) is 0 Å². The topological polar surface area (TPSA) is 34.0 Å². The van der Waals surface area contributed by atoms with Gasteiger partial charge in [-0.3, -0.25) is 4.79 Å². The number of carbonyl (C=O) groups excluding carboxylic acids is 1. The molecule has 0 atom stereocenters. The molecule has 2 rings (SSSR count). The molecule has 0 fully saturated rings. The molecule has 1 amide bonds. The molecule has 1 N–H and O–H groups in total. The molecule has 3 nitrogen and oxygen atoms in total. The van der Waals surface area contributed by atoms with Gasteiger partial charge >= 0.3 is 0 Å². The molecule has 0 saturated carbocycles. The van der Waals surface area contributed by atoms with Crippen LogP contribution in [0.5, 0.6) is 0 Å². The number of carbonyl (C=O) groups is 1. The van der Waals surface area contributed by atoms with Crippen molar-refractivity contribution in [3.63, 3.8) is 0 Å². The van der Waals surface area contributed by atoms with E-state index in [0.29, 0.717) is 10.6 Å². The molecule has 0 spiro atoms. The largest absolute Gasteiger partial charge is 0.350 e. The molecule has 0 aliphatic rings. The first-order valence-corrected chi connectivity index (χ1v) is 5.92. The summed E-state index contributed by atoms with van der Waals surface area (Å²) in [7, 11) is 1.92. The monoisotopic (exact) mass is 250 g/mol. The van der Waals surface area contributed by atoms with Crippen molar-refractivity contribution in [3.05, 3.63) is 35.0 Å². The van der Waals surface area contributed by atoms with E-state index in [1.54, 1.807) is 0 Å². The smallest absolute Gasteiger partial charge is 0.253 e. The van der Waals surface area contributed by atoms with Gasteiger partial charge in [-0.25, -0.2) is 0 Å². The zero-order valence-electron chi connectivity index (χ0n) is 10.1. The van der Waals surface area contributed by atoms with Gasteiger partial charge in [0.05, 0.1) is 5.56 Å². The number of benzene rings is 1. The van der Waals surface area contributed by atoms with Gasteiger partial charge in [0, 0.05) is 35.2 Å². The Hall–Kier alpha value is -1.48. The Morgan fingerprint density at radius 2 is 2.12 bits per heavy atom. The summed E-state index contributed by atoms with van der Waals surface area (Å²) >= 11 is 5.97. The standard InChI is InChI=1S/C13H15ClN2O/c1-8(2)15-13(17)11-7-16(3)12-5-4-9(14)6-10(11)12/h4-8H,1-3H3,(H,15,17). The average Bonchev–Trinajstić information content (AvgIpc) is 2.54. The maximum Gasteiger partial charge on any atom is 0.253 e. The molecule has 0 radical (unpaired) electrons. The lowest BCUT2D eigenvalue weighted by molar-refractivity contribution is 0.0944. The maximum absolute atomic E-state index is 12.0. The summed E-state index contributed by atoms with van der Waals surface area (Å²) in [5.74, 6) is -0.0622. The predicted octanol–water partition coefficient (Wildman–Crippen LogP) is 2.97. The van der Waals surface area contributed by atoms with Crippen molar-refractivity contribution >= 4 is 28.4 Å². The van der Waals surface area contributed by atoms with Crippen LogP contribution in [0, 0.1) is 0 Å². The lowest BCUT2D eigenvalue weighted by Gasteiger charge is -2.07. The average molecular weight is 251 g/mol. The number of amides is 1. The van der Waals surface area contributed by atoms with E-state index >= 15 is 0 Å². The van der Waals surface area contributed by atoms with Gasteiger partial charge in [0.1, 0.15) is 0 Å². The van der Waals surface area contributed by atoms with Gasteiger partial charge in [0.15, 0.2) is 0 Å². The predicted molar refractivity (Wildman–Crippen MR) is 70.5 cm³/mol. The quantitative estimate of drug-likeness (QED) is 0.874. The number of aryl methyl sites for hydroxylation is 1. The summed E-state index contributed by atoms with van der Waals surface area (Å²) in [4.78, 5) is 12.0. The van der Waals surface area contributed by atoms with Crippen LogP contribution in [0.15, 0.2) is 24.4 Å². The molecular formula is C13H15ClN2O. The van der Waals surface area contributed by atoms with Gasteiger partial charge in [-0.1, -0.05) is 11.6 Å². The molecule has 0 saturated heterocycles. The third-order valence-electron chi connectivity index (χ3n) is 2.62. The zero-order valence-corrected chi connectivity index (χ0v) is 10.9. The van der Waals surface area contributed by atoms with Crippen LogP contribution in [0.3, 0.4) is 0 Å². The van der Waals surface area contributed by atoms with E-state index in [1.807, 2.05) is 49.9 Å². The highest BCUT2D eigenvalue weighted by molar-refractivity contribution is 6.31. The van der Waals surface area contributed by atoms with Crippen molar-refractivity contribution in [1.82, 2.24) is 9.88 Å². The summed E-state index contributed by atoms with van der Waals surface area (Å²) in [6, 6.07) is 5.70. The Morgan fingerprint density at radius 1 is 1.41 bits per heavy atom. The highest BCUT2D eigenvalue weighted by atomic mass is 35.5. The fourth-order valence-corrected chi connectivity index (χ4v) is 2.06. The van der Waals surface area contributed by atoms with Gasteiger partial charge in [-0.05, 0) is 32.0 Å². The van der Waals surface area contributed by atoms with Crippen molar-refractivity contribution in [3.8, 4) is 0 Å².